The second-order valence-corrected chi connectivity index (χ2v) is 30.3. The van der Waals surface area contributed by atoms with Crippen molar-refractivity contribution < 1.29 is 53.1 Å². The van der Waals surface area contributed by atoms with Gasteiger partial charge in [0.2, 0.25) is 35.4 Å². The van der Waals surface area contributed by atoms with Gasteiger partial charge in [-0.2, -0.15) is 0 Å². The van der Waals surface area contributed by atoms with Crippen molar-refractivity contribution >= 4 is 58.8 Å². The molecular weight excluding hydrogens is 1300 g/mol. The SMILES string of the molecule is C#CCCCC(=O)N[C@@H](CCCCNC(=O)CCCCCCCCCCCCCCCCC)C(=O)CCC(=O)N[C@@H](CCCCNC(=O)CCCCCCCCCCCCCCCCC)C(=O)CCC(=O)N[C@@H](CCCCNC(=O)CCCCCCCCCCCCCCCCC)C(=O)CCC(=O)O. The van der Waals surface area contributed by atoms with Gasteiger partial charge in [-0.05, 0) is 83.5 Å². The third kappa shape index (κ3) is 68.7. The number of carbonyl (C=O) groups is 10. The van der Waals surface area contributed by atoms with Crippen molar-refractivity contribution in [2.24, 2.45) is 0 Å². The van der Waals surface area contributed by atoms with Crippen molar-refractivity contribution in [3.8, 4) is 12.3 Å². The number of carbonyl (C=O) groups excluding carboxylic acids is 9. The summed E-state index contributed by atoms with van der Waals surface area (Å²) in [4.78, 5) is 131. The van der Waals surface area contributed by atoms with Crippen LogP contribution in [0.1, 0.15) is 445 Å². The van der Waals surface area contributed by atoms with Crippen molar-refractivity contribution in [1.82, 2.24) is 31.9 Å². The Bertz CT molecular complexity index is 2200. The molecule has 0 fully saturated rings. The largest absolute Gasteiger partial charge is 0.481 e. The van der Waals surface area contributed by atoms with Gasteiger partial charge in [0, 0.05) is 83.8 Å². The maximum absolute atomic E-state index is 14.0. The predicted octanol–water partition coefficient (Wildman–Crippen LogP) is 20.0. The summed E-state index contributed by atoms with van der Waals surface area (Å²) < 4.78 is 0. The first-order chi connectivity index (χ1) is 50.7. The average molecular weight is 1460 g/mol. The second kappa shape index (κ2) is 76.1. The fourth-order valence-electron chi connectivity index (χ4n) is 13.7. The van der Waals surface area contributed by atoms with Crippen molar-refractivity contribution in [3.05, 3.63) is 0 Å². The molecule has 0 aromatic carbocycles. The van der Waals surface area contributed by atoms with Gasteiger partial charge in [0.25, 0.3) is 0 Å². The molecule has 0 aromatic rings. The average Bonchev–Trinajstić information content (AvgIpc) is 0.925. The summed E-state index contributed by atoms with van der Waals surface area (Å²) in [5.74, 6) is -1.34. The van der Waals surface area contributed by atoms with E-state index in [1.807, 2.05) is 0 Å². The molecule has 0 aromatic heterocycles. The fraction of sp³-hybridized carbons (Fsp3) is 0.862. The summed E-state index contributed by atoms with van der Waals surface area (Å²) in [5, 5.41) is 26.7. The molecule has 0 radical (unpaired) electrons. The third-order valence-electron chi connectivity index (χ3n) is 20.4. The van der Waals surface area contributed by atoms with Crippen molar-refractivity contribution in [1.29, 1.82) is 0 Å². The van der Waals surface area contributed by atoms with Crippen LogP contribution in [0.3, 0.4) is 0 Å². The molecule has 0 saturated carbocycles. The molecule has 0 aliphatic rings. The number of amides is 6. The molecular formula is C87H158N6O11. The second-order valence-electron chi connectivity index (χ2n) is 30.3. The molecule has 104 heavy (non-hydrogen) atoms. The van der Waals surface area contributed by atoms with Crippen LogP contribution in [0.5, 0.6) is 0 Å². The number of carboxylic acids is 1. The first-order valence-corrected chi connectivity index (χ1v) is 43.6. The highest BCUT2D eigenvalue weighted by molar-refractivity contribution is 5.95. The Balaban J connectivity index is 5.49. The molecule has 6 amide bonds. The van der Waals surface area contributed by atoms with Gasteiger partial charge in [0.1, 0.15) is 0 Å². The van der Waals surface area contributed by atoms with Gasteiger partial charge in [-0.1, -0.05) is 290 Å². The number of carboxylic acid groups (broad SMARTS) is 1. The van der Waals surface area contributed by atoms with E-state index in [9.17, 15) is 53.1 Å². The molecule has 0 rings (SSSR count). The Morgan fingerprint density at radius 3 is 0.692 bits per heavy atom. The Hall–Kier alpha value is -5.14. The number of hydrogen-bond donors (Lipinski definition) is 7. The highest BCUT2D eigenvalue weighted by Crippen LogP contribution is 2.19. The maximum Gasteiger partial charge on any atom is 0.303 e. The fourth-order valence-corrected chi connectivity index (χ4v) is 13.7. The smallest absolute Gasteiger partial charge is 0.303 e. The number of hydrogen-bond acceptors (Lipinski definition) is 10. The molecule has 7 N–H and O–H groups in total. The van der Waals surface area contributed by atoms with Gasteiger partial charge >= 0.3 is 5.97 Å². The third-order valence-corrected chi connectivity index (χ3v) is 20.4. The standard InChI is InChI=1S/C87H158N6O11/c1-5-9-13-16-19-22-25-28-31-34-37-40-43-46-50-62-81(97)88-72-56-53-59-75(91-84(100)65-49-12-8-4)78(94)66-69-85(101)92-76(60-54-57-73-89-82(98)63-51-47-44-41-38-35-32-29-26-23-20-17-14-10-6-2)79(95)67-70-86(102)93-77(80(96)68-71-87(103)104)61-55-58-74-90-83(99)64-52-48-45-42-39-36-33-30-27-24-21-18-15-11-7-3/h4,75-77H,5-7,9-74H2,1-3H3,(H,88,97)(H,89,98)(H,90,99)(H,91,100)(H,92,101)(H,93,102)(H,103,104)/t75-,76-,77-/m0/s1. The van der Waals surface area contributed by atoms with Gasteiger partial charge in [-0.25, -0.2) is 0 Å². The lowest BCUT2D eigenvalue weighted by atomic mass is 9.99. The van der Waals surface area contributed by atoms with Crippen LogP contribution in [0.4, 0.5) is 0 Å². The Morgan fingerprint density at radius 1 is 0.250 bits per heavy atom. The summed E-state index contributed by atoms with van der Waals surface area (Å²) in [6, 6.07) is -2.89. The molecule has 0 aliphatic carbocycles. The van der Waals surface area contributed by atoms with Crippen LogP contribution in [0.2, 0.25) is 0 Å². The zero-order chi connectivity index (χ0) is 76.2. The first-order valence-electron chi connectivity index (χ1n) is 43.6. The van der Waals surface area contributed by atoms with E-state index in [2.05, 4.69) is 58.6 Å². The van der Waals surface area contributed by atoms with E-state index < -0.39 is 53.9 Å². The quantitative estimate of drug-likeness (QED) is 0.0222. The Labute approximate surface area is 635 Å². The van der Waals surface area contributed by atoms with Gasteiger partial charge in [-0.15, -0.1) is 12.3 Å². The number of unbranched alkanes of at least 4 members (excludes halogenated alkanes) is 46. The van der Waals surface area contributed by atoms with Crippen molar-refractivity contribution in [3.63, 3.8) is 0 Å². The van der Waals surface area contributed by atoms with Crippen molar-refractivity contribution in [2.75, 3.05) is 19.6 Å². The van der Waals surface area contributed by atoms with Gasteiger partial charge in [-0.3, -0.25) is 47.9 Å². The number of ketones is 3. The summed E-state index contributed by atoms with van der Waals surface area (Å²) >= 11 is 0. The number of aliphatic carboxylic acids is 1. The first kappa shape index (κ1) is 98.9. The molecule has 3 atom stereocenters. The highest BCUT2D eigenvalue weighted by atomic mass is 16.4. The normalized spacial score (nSPS) is 12.1. The minimum atomic E-state index is -1.15. The predicted molar refractivity (Wildman–Crippen MR) is 428 cm³/mol. The van der Waals surface area contributed by atoms with Crippen LogP contribution in [0.25, 0.3) is 0 Å². The number of Topliss-reactive ketones (excluding diaryl/α,β-unsaturated/α-hetero) is 3. The van der Waals surface area contributed by atoms with E-state index in [1.54, 1.807) is 0 Å². The highest BCUT2D eigenvalue weighted by Gasteiger charge is 2.26. The minimum Gasteiger partial charge on any atom is -0.481 e. The lowest BCUT2D eigenvalue weighted by molar-refractivity contribution is -0.139. The van der Waals surface area contributed by atoms with Crippen LogP contribution in [0.15, 0.2) is 0 Å². The van der Waals surface area contributed by atoms with Gasteiger partial charge in [0.15, 0.2) is 17.3 Å². The van der Waals surface area contributed by atoms with Crippen LogP contribution in [-0.4, -0.2) is 102 Å². The summed E-state index contributed by atoms with van der Waals surface area (Å²) in [5.41, 5.74) is 0. The molecule has 0 heterocycles. The molecule has 0 aliphatic heterocycles. The van der Waals surface area contributed by atoms with E-state index in [0.29, 0.717) is 96.7 Å². The number of rotatable bonds is 81. The molecule has 0 saturated heterocycles. The van der Waals surface area contributed by atoms with Crippen LogP contribution in [-0.2, 0) is 47.9 Å². The van der Waals surface area contributed by atoms with E-state index in [1.165, 1.54) is 231 Å². The Kier molecular flexibility index (Phi) is 72.3. The maximum atomic E-state index is 14.0. The molecule has 17 heteroatoms. The van der Waals surface area contributed by atoms with Crippen LogP contribution in [0, 0.1) is 12.3 Å². The minimum absolute atomic E-state index is 0.00339. The number of terminal acetylenes is 1. The summed E-state index contributed by atoms with van der Waals surface area (Å²) in [6.07, 6.45) is 66.1. The zero-order valence-electron chi connectivity index (χ0n) is 67.1. The molecule has 0 spiro atoms. The monoisotopic (exact) mass is 1460 g/mol. The van der Waals surface area contributed by atoms with E-state index in [0.717, 1.165) is 57.8 Å². The lowest BCUT2D eigenvalue weighted by Crippen LogP contribution is -2.44. The van der Waals surface area contributed by atoms with Gasteiger partial charge in [0.05, 0.1) is 24.5 Å². The molecule has 17 nitrogen and oxygen atoms in total. The summed E-state index contributed by atoms with van der Waals surface area (Å²) in [7, 11) is 0. The topological polar surface area (TPSA) is 263 Å². The molecule has 602 valence electrons. The van der Waals surface area contributed by atoms with Crippen molar-refractivity contribution in [2.45, 2.75) is 463 Å². The zero-order valence-corrected chi connectivity index (χ0v) is 67.1. The van der Waals surface area contributed by atoms with Crippen LogP contribution >= 0.6 is 0 Å². The van der Waals surface area contributed by atoms with Crippen LogP contribution < -0.4 is 31.9 Å². The van der Waals surface area contributed by atoms with E-state index in [4.69, 9.17) is 6.42 Å². The van der Waals surface area contributed by atoms with E-state index >= 15 is 0 Å². The van der Waals surface area contributed by atoms with E-state index in [-0.39, 0.29) is 80.8 Å². The lowest BCUT2D eigenvalue weighted by Gasteiger charge is -2.20. The number of nitrogens with one attached hydrogen (secondary N) is 6. The summed E-state index contributed by atoms with van der Waals surface area (Å²) in [6.45, 7) is 7.98. The Morgan fingerprint density at radius 2 is 0.462 bits per heavy atom. The molecule has 0 bridgehead atoms. The molecule has 0 unspecified atom stereocenters. The van der Waals surface area contributed by atoms with Gasteiger partial charge < -0.3 is 37.0 Å².